The van der Waals surface area contributed by atoms with Crippen molar-refractivity contribution in [2.24, 2.45) is 4.99 Å². The van der Waals surface area contributed by atoms with E-state index in [1.807, 2.05) is 24.9 Å². The summed E-state index contributed by atoms with van der Waals surface area (Å²) in [6.45, 7) is 8.67. The summed E-state index contributed by atoms with van der Waals surface area (Å²) in [5.74, 6) is 3.01. The van der Waals surface area contributed by atoms with Gasteiger partial charge >= 0.3 is 0 Å². The lowest BCUT2D eigenvalue weighted by Crippen LogP contribution is -2.55. The smallest absolute Gasteiger partial charge is 0.251 e. The molecule has 3 aliphatic heterocycles. The number of carbonyl (C=O) groups is 1. The number of hydrogen-bond acceptors (Lipinski definition) is 5. The van der Waals surface area contributed by atoms with E-state index in [0.29, 0.717) is 19.7 Å². The van der Waals surface area contributed by atoms with Crippen molar-refractivity contribution < 1.29 is 13.9 Å². The van der Waals surface area contributed by atoms with Gasteiger partial charge in [-0.05, 0) is 57.8 Å². The lowest BCUT2D eigenvalue weighted by atomic mass is 10.2. The molecule has 2 unspecified atom stereocenters. The van der Waals surface area contributed by atoms with Gasteiger partial charge < -0.3 is 24.3 Å². The average Bonchev–Trinajstić information content (AvgIpc) is 3.54. The fourth-order valence-electron chi connectivity index (χ4n) is 4.73. The minimum absolute atomic E-state index is 0. The van der Waals surface area contributed by atoms with Gasteiger partial charge in [-0.15, -0.1) is 24.0 Å². The zero-order chi connectivity index (χ0) is 20.9. The largest absolute Gasteiger partial charge is 0.465 e. The zero-order valence-corrected chi connectivity index (χ0v) is 21.0. The molecule has 1 amide bonds. The number of ether oxygens (including phenoxy) is 1. The molecule has 1 N–H and O–H groups in total. The van der Waals surface area contributed by atoms with Crippen LogP contribution in [0.3, 0.4) is 0 Å². The monoisotopic (exact) mass is 545 g/mol. The number of carbonyl (C=O) groups excluding carboxylic acids is 1. The summed E-state index contributed by atoms with van der Waals surface area (Å²) in [5, 5.41) is 3.57. The number of nitrogens with zero attached hydrogens (tertiary/aromatic N) is 4. The molecular weight excluding hydrogens is 509 g/mol. The van der Waals surface area contributed by atoms with Crippen LogP contribution < -0.4 is 5.32 Å². The number of guanidine groups is 1. The first kappa shape index (κ1) is 24.3. The molecule has 0 radical (unpaired) electrons. The van der Waals surface area contributed by atoms with Crippen molar-refractivity contribution in [3.05, 3.63) is 23.7 Å². The zero-order valence-electron chi connectivity index (χ0n) is 18.7. The molecule has 8 nitrogen and oxygen atoms in total. The normalized spacial score (nSPS) is 23.7. The van der Waals surface area contributed by atoms with Crippen molar-refractivity contribution in [2.75, 3.05) is 59.5 Å². The van der Waals surface area contributed by atoms with E-state index in [9.17, 15) is 4.79 Å². The Morgan fingerprint density at radius 3 is 2.42 bits per heavy atom. The number of rotatable bonds is 5. The van der Waals surface area contributed by atoms with Gasteiger partial charge in [0.05, 0.1) is 6.04 Å². The first-order valence-electron chi connectivity index (χ1n) is 11.3. The molecule has 3 saturated heterocycles. The van der Waals surface area contributed by atoms with Crippen LogP contribution in [0.1, 0.15) is 43.2 Å². The van der Waals surface area contributed by atoms with Crippen LogP contribution in [0, 0.1) is 6.92 Å². The Morgan fingerprint density at radius 1 is 1.13 bits per heavy atom. The first-order valence-corrected chi connectivity index (χ1v) is 11.3. The number of hydrogen-bond donors (Lipinski definition) is 1. The van der Waals surface area contributed by atoms with E-state index in [1.54, 1.807) is 0 Å². The second-order valence-corrected chi connectivity index (χ2v) is 8.45. The molecule has 0 spiro atoms. The fourth-order valence-corrected chi connectivity index (χ4v) is 4.73. The standard InChI is InChI=1S/C22H35N5O3.HI/c1-17-7-8-19(30-17)18(25-9-3-4-10-25)16-24-22(23-2)27-13-11-26(12-14-27)21(28)20-6-5-15-29-20;/h7-8,18,20H,3-6,9-16H2,1-2H3,(H,23,24);1H. The number of piperazine rings is 1. The summed E-state index contributed by atoms with van der Waals surface area (Å²) in [5.41, 5.74) is 0. The van der Waals surface area contributed by atoms with Crippen LogP contribution in [0.25, 0.3) is 0 Å². The van der Waals surface area contributed by atoms with Crippen LogP contribution in [-0.4, -0.2) is 92.1 Å². The van der Waals surface area contributed by atoms with Gasteiger partial charge in [0.25, 0.3) is 5.91 Å². The van der Waals surface area contributed by atoms with Crippen LogP contribution in [-0.2, 0) is 9.53 Å². The topological polar surface area (TPSA) is 73.6 Å². The molecule has 3 aliphatic rings. The van der Waals surface area contributed by atoms with E-state index in [-0.39, 0.29) is 42.0 Å². The third kappa shape index (κ3) is 5.92. The molecule has 31 heavy (non-hydrogen) atoms. The highest BCUT2D eigenvalue weighted by Crippen LogP contribution is 2.26. The van der Waals surface area contributed by atoms with Crippen molar-refractivity contribution in [1.29, 1.82) is 0 Å². The Labute approximate surface area is 202 Å². The fraction of sp³-hybridized carbons (Fsp3) is 0.727. The van der Waals surface area contributed by atoms with Crippen LogP contribution in [0.5, 0.6) is 0 Å². The van der Waals surface area contributed by atoms with E-state index in [4.69, 9.17) is 9.15 Å². The third-order valence-corrected chi connectivity index (χ3v) is 6.43. The number of amides is 1. The molecular formula is C22H36IN5O3. The summed E-state index contributed by atoms with van der Waals surface area (Å²) in [6.07, 6.45) is 4.09. The molecule has 0 aromatic carbocycles. The number of nitrogens with one attached hydrogen (secondary N) is 1. The van der Waals surface area contributed by atoms with Crippen LogP contribution in [0.4, 0.5) is 0 Å². The molecule has 4 rings (SSSR count). The summed E-state index contributed by atoms with van der Waals surface area (Å²) in [4.78, 5) is 23.8. The quantitative estimate of drug-likeness (QED) is 0.348. The maximum atomic E-state index is 12.6. The Balaban J connectivity index is 0.00000272. The number of aliphatic imine (C=N–C) groups is 1. The van der Waals surface area contributed by atoms with Crippen molar-refractivity contribution in [3.63, 3.8) is 0 Å². The molecule has 0 bridgehead atoms. The summed E-state index contributed by atoms with van der Waals surface area (Å²) in [6, 6.07) is 4.34. The highest BCUT2D eigenvalue weighted by Gasteiger charge is 2.31. The van der Waals surface area contributed by atoms with E-state index in [1.165, 1.54) is 12.8 Å². The minimum atomic E-state index is -0.230. The van der Waals surface area contributed by atoms with Crippen molar-refractivity contribution in [3.8, 4) is 0 Å². The Kier molecular flexibility index (Phi) is 9.03. The summed E-state index contributed by atoms with van der Waals surface area (Å²) in [7, 11) is 1.83. The number of furan rings is 1. The van der Waals surface area contributed by atoms with Gasteiger partial charge in [0.1, 0.15) is 17.6 Å². The van der Waals surface area contributed by atoms with E-state index < -0.39 is 0 Å². The highest BCUT2D eigenvalue weighted by atomic mass is 127. The molecule has 0 aliphatic carbocycles. The molecule has 174 valence electrons. The van der Waals surface area contributed by atoms with Gasteiger partial charge in [-0.3, -0.25) is 14.7 Å². The van der Waals surface area contributed by atoms with Gasteiger partial charge in [-0.25, -0.2) is 0 Å². The van der Waals surface area contributed by atoms with Crippen LogP contribution in [0.2, 0.25) is 0 Å². The molecule has 2 atom stereocenters. The van der Waals surface area contributed by atoms with Crippen molar-refractivity contribution >= 4 is 35.8 Å². The lowest BCUT2D eigenvalue weighted by Gasteiger charge is -2.38. The molecule has 3 fully saturated rings. The number of halogens is 1. The van der Waals surface area contributed by atoms with Gasteiger partial charge in [0, 0.05) is 46.4 Å². The van der Waals surface area contributed by atoms with Crippen molar-refractivity contribution in [1.82, 2.24) is 20.0 Å². The highest BCUT2D eigenvalue weighted by molar-refractivity contribution is 14.0. The molecule has 9 heteroatoms. The molecule has 0 saturated carbocycles. The van der Waals surface area contributed by atoms with Gasteiger partial charge in [0.15, 0.2) is 5.96 Å². The Morgan fingerprint density at radius 2 is 1.84 bits per heavy atom. The average molecular weight is 545 g/mol. The maximum Gasteiger partial charge on any atom is 0.251 e. The van der Waals surface area contributed by atoms with E-state index in [0.717, 1.165) is 63.0 Å². The van der Waals surface area contributed by atoms with Crippen molar-refractivity contribution in [2.45, 2.75) is 44.8 Å². The number of aryl methyl sites for hydroxylation is 1. The van der Waals surface area contributed by atoms with Gasteiger partial charge in [0.2, 0.25) is 0 Å². The third-order valence-electron chi connectivity index (χ3n) is 6.43. The first-order chi connectivity index (χ1) is 14.7. The molecule has 1 aromatic rings. The Hall–Kier alpha value is -1.33. The maximum absolute atomic E-state index is 12.6. The predicted molar refractivity (Wildman–Crippen MR) is 131 cm³/mol. The summed E-state index contributed by atoms with van der Waals surface area (Å²) < 4.78 is 11.5. The van der Waals surface area contributed by atoms with E-state index in [2.05, 4.69) is 26.2 Å². The number of likely N-dealkylation sites (tertiary alicyclic amines) is 1. The second kappa shape index (κ2) is 11.5. The van der Waals surface area contributed by atoms with Crippen LogP contribution >= 0.6 is 24.0 Å². The van der Waals surface area contributed by atoms with Crippen LogP contribution in [0.15, 0.2) is 21.5 Å². The molecule has 1 aromatic heterocycles. The SMILES string of the molecule is CN=C(NCC(c1ccc(C)o1)N1CCCC1)N1CCN(C(=O)C2CCCO2)CC1.I. The second-order valence-electron chi connectivity index (χ2n) is 8.45. The molecule has 4 heterocycles. The predicted octanol–water partition coefficient (Wildman–Crippen LogP) is 2.24. The van der Waals surface area contributed by atoms with Gasteiger partial charge in [-0.2, -0.15) is 0 Å². The van der Waals surface area contributed by atoms with Gasteiger partial charge in [-0.1, -0.05) is 0 Å². The van der Waals surface area contributed by atoms with E-state index >= 15 is 0 Å². The lowest BCUT2D eigenvalue weighted by molar-refractivity contribution is -0.142. The summed E-state index contributed by atoms with van der Waals surface area (Å²) >= 11 is 0. The Bertz CT molecular complexity index is 735. The minimum Gasteiger partial charge on any atom is -0.465 e.